The van der Waals surface area contributed by atoms with Gasteiger partial charge in [0.25, 0.3) is 0 Å². The van der Waals surface area contributed by atoms with Gasteiger partial charge in [0, 0.05) is 6.54 Å². The molecule has 0 aliphatic carbocycles. The second-order valence-corrected chi connectivity index (χ2v) is 8.68. The highest BCUT2D eigenvalue weighted by Gasteiger charge is 2.19. The Bertz CT molecular complexity index is 286. The van der Waals surface area contributed by atoms with E-state index in [2.05, 4.69) is 12.2 Å². The zero-order valence-corrected chi connectivity index (χ0v) is 17.8. The Labute approximate surface area is 158 Å². The minimum Gasteiger partial charge on any atom is -0.256 e. The van der Waals surface area contributed by atoms with Gasteiger partial charge in [-0.2, -0.15) is 0 Å². The van der Waals surface area contributed by atoms with Crippen molar-refractivity contribution < 1.29 is 0 Å². The second kappa shape index (κ2) is 16.8. The van der Waals surface area contributed by atoms with E-state index < -0.39 is 0 Å². The molecule has 150 valence electrons. The third-order valence-electron chi connectivity index (χ3n) is 5.10. The SMILES string of the molecule is CCCCCCCCCCCCCCCCCCN(N=O)C(C)(C)C. The van der Waals surface area contributed by atoms with Crippen LogP contribution >= 0.6 is 0 Å². The third kappa shape index (κ3) is 16.6. The van der Waals surface area contributed by atoms with Gasteiger partial charge in [-0.1, -0.05) is 103 Å². The van der Waals surface area contributed by atoms with Crippen LogP contribution in [0.1, 0.15) is 130 Å². The summed E-state index contributed by atoms with van der Waals surface area (Å²) in [5.41, 5.74) is -0.142. The summed E-state index contributed by atoms with van der Waals surface area (Å²) in [6.45, 7) is 9.21. The molecule has 0 heterocycles. The maximum atomic E-state index is 10.8. The molecule has 0 aliphatic rings. The first-order chi connectivity index (χ1) is 12.0. The van der Waals surface area contributed by atoms with Gasteiger partial charge < -0.3 is 0 Å². The van der Waals surface area contributed by atoms with E-state index >= 15 is 0 Å². The average molecular weight is 355 g/mol. The largest absolute Gasteiger partial charge is 0.256 e. The lowest BCUT2D eigenvalue weighted by molar-refractivity contribution is 0.136. The van der Waals surface area contributed by atoms with E-state index in [1.54, 1.807) is 5.01 Å². The molecule has 0 fully saturated rings. The van der Waals surface area contributed by atoms with Crippen LogP contribution in [0.4, 0.5) is 0 Å². The molecule has 3 nitrogen and oxygen atoms in total. The lowest BCUT2D eigenvalue weighted by Gasteiger charge is -2.29. The van der Waals surface area contributed by atoms with Gasteiger partial charge in [0.05, 0.1) is 10.8 Å². The summed E-state index contributed by atoms with van der Waals surface area (Å²) >= 11 is 0. The van der Waals surface area contributed by atoms with Crippen molar-refractivity contribution >= 4 is 0 Å². The minimum atomic E-state index is -0.142. The Kier molecular flexibility index (Phi) is 16.4. The fourth-order valence-corrected chi connectivity index (χ4v) is 3.31. The Morgan fingerprint density at radius 2 is 0.920 bits per heavy atom. The molecular weight excluding hydrogens is 308 g/mol. The molecule has 0 aromatic carbocycles. The highest BCUT2D eigenvalue weighted by atomic mass is 16.3. The highest BCUT2D eigenvalue weighted by Crippen LogP contribution is 2.16. The monoisotopic (exact) mass is 354 g/mol. The number of rotatable bonds is 18. The molecule has 0 rings (SSSR count). The van der Waals surface area contributed by atoms with Gasteiger partial charge in [-0.3, -0.25) is 5.01 Å². The van der Waals surface area contributed by atoms with E-state index in [0.717, 1.165) is 13.0 Å². The maximum absolute atomic E-state index is 10.8. The Hall–Kier alpha value is -0.600. The molecule has 0 aromatic rings. The first-order valence-electron chi connectivity index (χ1n) is 11.1. The lowest BCUT2D eigenvalue weighted by atomic mass is 10.0. The van der Waals surface area contributed by atoms with E-state index in [0.29, 0.717) is 0 Å². The Balaban J connectivity index is 3.20. The normalized spacial score (nSPS) is 11.7. The van der Waals surface area contributed by atoms with Crippen molar-refractivity contribution in [3.63, 3.8) is 0 Å². The van der Waals surface area contributed by atoms with Gasteiger partial charge in [-0.15, -0.1) is 4.91 Å². The van der Waals surface area contributed by atoms with Crippen LogP contribution in [-0.2, 0) is 0 Å². The molecule has 0 aromatic heterocycles. The van der Waals surface area contributed by atoms with Crippen molar-refractivity contribution in [3.8, 4) is 0 Å². The molecule has 0 radical (unpaired) electrons. The van der Waals surface area contributed by atoms with Crippen molar-refractivity contribution in [2.75, 3.05) is 6.54 Å². The number of unbranched alkanes of at least 4 members (excludes halogenated alkanes) is 15. The van der Waals surface area contributed by atoms with Gasteiger partial charge in [-0.25, -0.2) is 0 Å². The van der Waals surface area contributed by atoms with E-state index in [1.165, 1.54) is 96.3 Å². The van der Waals surface area contributed by atoms with Crippen LogP contribution < -0.4 is 0 Å². The first kappa shape index (κ1) is 24.4. The molecule has 0 saturated carbocycles. The van der Waals surface area contributed by atoms with Crippen molar-refractivity contribution in [1.82, 2.24) is 5.01 Å². The maximum Gasteiger partial charge on any atom is 0.0529 e. The topological polar surface area (TPSA) is 32.7 Å². The Morgan fingerprint density at radius 3 is 1.20 bits per heavy atom. The van der Waals surface area contributed by atoms with Crippen molar-refractivity contribution in [2.45, 2.75) is 136 Å². The van der Waals surface area contributed by atoms with Crippen LogP contribution in [0, 0.1) is 4.91 Å². The minimum absolute atomic E-state index is 0.142. The van der Waals surface area contributed by atoms with Crippen LogP contribution in [0.5, 0.6) is 0 Å². The second-order valence-electron chi connectivity index (χ2n) is 8.68. The van der Waals surface area contributed by atoms with E-state index in [9.17, 15) is 4.91 Å². The van der Waals surface area contributed by atoms with Gasteiger partial charge in [0.1, 0.15) is 0 Å². The summed E-state index contributed by atoms with van der Waals surface area (Å²) < 4.78 is 0. The summed E-state index contributed by atoms with van der Waals surface area (Å²) in [5.74, 6) is 0. The average Bonchev–Trinajstić information content (AvgIpc) is 2.56. The van der Waals surface area contributed by atoms with E-state index in [1.807, 2.05) is 20.8 Å². The number of hydrogen-bond donors (Lipinski definition) is 0. The Morgan fingerprint density at radius 1 is 0.600 bits per heavy atom. The van der Waals surface area contributed by atoms with Crippen LogP contribution in [0.2, 0.25) is 0 Å². The van der Waals surface area contributed by atoms with E-state index in [4.69, 9.17) is 0 Å². The third-order valence-corrected chi connectivity index (χ3v) is 5.10. The van der Waals surface area contributed by atoms with Crippen LogP contribution in [0.25, 0.3) is 0 Å². The molecule has 0 bridgehead atoms. The predicted molar refractivity (Wildman–Crippen MR) is 112 cm³/mol. The summed E-state index contributed by atoms with van der Waals surface area (Å²) in [6.07, 6.45) is 22.0. The zero-order chi connectivity index (χ0) is 18.8. The van der Waals surface area contributed by atoms with Crippen LogP contribution in [0.3, 0.4) is 0 Å². The summed E-state index contributed by atoms with van der Waals surface area (Å²) in [5, 5.41) is 4.83. The number of nitrogens with zero attached hydrogens (tertiary/aromatic N) is 2. The highest BCUT2D eigenvalue weighted by molar-refractivity contribution is 4.72. The standard InChI is InChI=1S/C22H46N2O/c1-5-6-7-8-9-10-11-12-13-14-15-16-17-18-19-20-21-24(23-25)22(2,3)4/h5-21H2,1-4H3. The van der Waals surface area contributed by atoms with Gasteiger partial charge >= 0.3 is 0 Å². The van der Waals surface area contributed by atoms with Crippen LogP contribution in [0.15, 0.2) is 5.29 Å². The number of hydrogen-bond acceptors (Lipinski definition) is 2. The molecule has 25 heavy (non-hydrogen) atoms. The van der Waals surface area contributed by atoms with Gasteiger partial charge in [0.2, 0.25) is 0 Å². The molecule has 0 spiro atoms. The van der Waals surface area contributed by atoms with Gasteiger partial charge in [-0.05, 0) is 27.2 Å². The molecule has 0 amide bonds. The number of nitroso groups, excluding NO2 is 1. The first-order valence-corrected chi connectivity index (χ1v) is 11.1. The quantitative estimate of drug-likeness (QED) is 0.142. The lowest BCUT2D eigenvalue weighted by Crippen LogP contribution is -2.37. The predicted octanol–water partition coefficient (Wildman–Crippen LogP) is 8.03. The molecule has 0 unspecified atom stereocenters. The summed E-state index contributed by atoms with van der Waals surface area (Å²) in [4.78, 5) is 10.8. The molecule has 0 atom stereocenters. The van der Waals surface area contributed by atoms with Crippen molar-refractivity contribution in [2.24, 2.45) is 5.29 Å². The molecule has 0 N–H and O–H groups in total. The summed E-state index contributed by atoms with van der Waals surface area (Å²) in [6, 6.07) is 0. The van der Waals surface area contributed by atoms with Crippen molar-refractivity contribution in [3.05, 3.63) is 4.91 Å². The fraction of sp³-hybridized carbons (Fsp3) is 1.00. The van der Waals surface area contributed by atoms with E-state index in [-0.39, 0.29) is 5.54 Å². The molecular formula is C22H46N2O. The van der Waals surface area contributed by atoms with Gasteiger partial charge in [0.15, 0.2) is 0 Å². The molecule has 0 aliphatic heterocycles. The van der Waals surface area contributed by atoms with Crippen LogP contribution in [-0.4, -0.2) is 17.1 Å². The van der Waals surface area contributed by atoms with Crippen molar-refractivity contribution in [1.29, 1.82) is 0 Å². The smallest absolute Gasteiger partial charge is 0.0529 e. The molecule has 3 heteroatoms. The molecule has 0 saturated heterocycles. The fourth-order valence-electron chi connectivity index (χ4n) is 3.31. The zero-order valence-electron chi connectivity index (χ0n) is 17.8. The summed E-state index contributed by atoms with van der Waals surface area (Å²) in [7, 11) is 0.